The molecule has 2 aromatic rings. The molecule has 0 N–H and O–H groups in total. The fraction of sp³-hybridized carbons (Fsp3) is 0.357. The second kappa shape index (κ2) is 5.70. The predicted molar refractivity (Wildman–Crippen MR) is 71.9 cm³/mol. The molecular weight excluding hydrogens is 272 g/mol. The quantitative estimate of drug-likeness (QED) is 0.813. The van der Waals surface area contributed by atoms with E-state index in [1.165, 1.54) is 6.07 Å². The fourth-order valence-corrected chi connectivity index (χ4v) is 2.22. The van der Waals surface area contributed by atoms with Crippen molar-refractivity contribution in [2.75, 3.05) is 0 Å². The summed E-state index contributed by atoms with van der Waals surface area (Å²) in [5.41, 5.74) is 1.16. The molecule has 5 heteroatoms. The summed E-state index contributed by atoms with van der Waals surface area (Å²) in [6, 6.07) is 6.60. The first-order chi connectivity index (χ1) is 8.97. The van der Waals surface area contributed by atoms with Crippen LogP contribution in [0.4, 0.5) is 8.78 Å². The first-order valence-electron chi connectivity index (χ1n) is 6.00. The zero-order valence-corrected chi connectivity index (χ0v) is 11.4. The second-order valence-corrected chi connectivity index (χ2v) is 5.13. The zero-order chi connectivity index (χ0) is 14.0. The van der Waals surface area contributed by atoms with Gasteiger partial charge in [-0.25, -0.2) is 4.98 Å². The van der Waals surface area contributed by atoms with Gasteiger partial charge in [0.1, 0.15) is 5.52 Å². The standard InChI is InChI=1S/C14H14ClF2NO/c1-8(2)6-9-7-11(15)10-4-3-5-12(13(10)18-9)19-14(16)17/h3-5,7-8,14H,6H2,1-2H3. The lowest BCUT2D eigenvalue weighted by molar-refractivity contribution is -0.0489. The van der Waals surface area contributed by atoms with Crippen molar-refractivity contribution in [3.63, 3.8) is 0 Å². The number of hydrogen-bond acceptors (Lipinski definition) is 2. The Balaban J connectivity index is 2.55. The van der Waals surface area contributed by atoms with E-state index < -0.39 is 6.61 Å². The van der Waals surface area contributed by atoms with E-state index in [0.717, 1.165) is 12.1 Å². The van der Waals surface area contributed by atoms with Crippen LogP contribution >= 0.6 is 11.6 Å². The van der Waals surface area contributed by atoms with Crippen LogP contribution in [0.3, 0.4) is 0 Å². The van der Waals surface area contributed by atoms with E-state index >= 15 is 0 Å². The number of ether oxygens (including phenoxy) is 1. The average molecular weight is 286 g/mol. The van der Waals surface area contributed by atoms with Crippen LogP contribution in [0.1, 0.15) is 19.5 Å². The van der Waals surface area contributed by atoms with Crippen LogP contribution in [-0.2, 0) is 6.42 Å². The van der Waals surface area contributed by atoms with Crippen molar-refractivity contribution in [1.82, 2.24) is 4.98 Å². The molecule has 0 atom stereocenters. The van der Waals surface area contributed by atoms with Gasteiger partial charge in [-0.2, -0.15) is 8.78 Å². The SMILES string of the molecule is CC(C)Cc1cc(Cl)c2cccc(OC(F)F)c2n1. The van der Waals surface area contributed by atoms with Crippen LogP contribution in [0.15, 0.2) is 24.3 Å². The summed E-state index contributed by atoms with van der Waals surface area (Å²) in [4.78, 5) is 4.39. The summed E-state index contributed by atoms with van der Waals surface area (Å²) in [7, 11) is 0. The minimum atomic E-state index is -2.88. The molecule has 0 spiro atoms. The molecule has 0 bridgehead atoms. The summed E-state index contributed by atoms with van der Waals surface area (Å²) in [5, 5.41) is 1.12. The van der Waals surface area contributed by atoms with Crippen molar-refractivity contribution < 1.29 is 13.5 Å². The Bertz CT molecular complexity index is 587. The Morgan fingerprint density at radius 3 is 2.68 bits per heavy atom. The molecule has 0 saturated carbocycles. The molecule has 0 unspecified atom stereocenters. The number of hydrogen-bond donors (Lipinski definition) is 0. The minimum Gasteiger partial charge on any atom is -0.432 e. The molecule has 0 fully saturated rings. The molecular formula is C14H14ClF2NO. The van der Waals surface area contributed by atoms with Crippen molar-refractivity contribution in [3.05, 3.63) is 35.0 Å². The second-order valence-electron chi connectivity index (χ2n) is 4.72. The molecule has 0 aliphatic carbocycles. The van der Waals surface area contributed by atoms with Gasteiger partial charge >= 0.3 is 6.61 Å². The van der Waals surface area contributed by atoms with Gasteiger partial charge in [-0.3, -0.25) is 0 Å². The first-order valence-corrected chi connectivity index (χ1v) is 6.38. The van der Waals surface area contributed by atoms with Gasteiger partial charge in [0.2, 0.25) is 0 Å². The molecule has 1 aromatic heterocycles. The number of fused-ring (bicyclic) bond motifs is 1. The third kappa shape index (κ3) is 3.32. The molecule has 0 aliphatic rings. The molecule has 0 aliphatic heterocycles. The monoisotopic (exact) mass is 285 g/mol. The summed E-state index contributed by atoms with van der Waals surface area (Å²) in [5.74, 6) is 0.462. The molecule has 1 heterocycles. The predicted octanol–water partition coefficient (Wildman–Crippen LogP) is 4.69. The normalized spacial score (nSPS) is 11.5. The van der Waals surface area contributed by atoms with Crippen LogP contribution in [0.25, 0.3) is 10.9 Å². The van der Waals surface area contributed by atoms with Gasteiger partial charge in [0.05, 0.1) is 5.02 Å². The molecule has 19 heavy (non-hydrogen) atoms. The van der Waals surface area contributed by atoms with Crippen molar-refractivity contribution >= 4 is 22.5 Å². The Morgan fingerprint density at radius 2 is 2.05 bits per heavy atom. The number of alkyl halides is 2. The molecule has 102 valence electrons. The lowest BCUT2D eigenvalue weighted by atomic mass is 10.1. The number of rotatable bonds is 4. The zero-order valence-electron chi connectivity index (χ0n) is 10.7. The van der Waals surface area contributed by atoms with Gasteiger partial charge < -0.3 is 4.74 Å². The molecule has 0 saturated heterocycles. The average Bonchev–Trinajstić information content (AvgIpc) is 2.28. The number of aromatic nitrogens is 1. The van der Waals surface area contributed by atoms with Crippen LogP contribution in [0.2, 0.25) is 5.02 Å². The maximum atomic E-state index is 12.4. The Kier molecular flexibility index (Phi) is 4.20. The fourth-order valence-electron chi connectivity index (χ4n) is 1.94. The summed E-state index contributed by atoms with van der Waals surface area (Å²) in [6.45, 7) is 1.24. The highest BCUT2D eigenvalue weighted by Crippen LogP contribution is 2.31. The summed E-state index contributed by atoms with van der Waals surface area (Å²) >= 11 is 6.17. The summed E-state index contributed by atoms with van der Waals surface area (Å²) in [6.07, 6.45) is 0.735. The van der Waals surface area contributed by atoms with E-state index in [1.807, 2.05) is 0 Å². The first kappa shape index (κ1) is 14.0. The van der Waals surface area contributed by atoms with E-state index in [2.05, 4.69) is 23.6 Å². The third-order valence-electron chi connectivity index (χ3n) is 2.64. The highest BCUT2D eigenvalue weighted by molar-refractivity contribution is 6.35. The molecule has 0 radical (unpaired) electrons. The minimum absolute atomic E-state index is 0.0556. The Morgan fingerprint density at radius 1 is 1.32 bits per heavy atom. The van der Waals surface area contributed by atoms with Crippen molar-refractivity contribution in [2.24, 2.45) is 5.92 Å². The van der Waals surface area contributed by atoms with Crippen molar-refractivity contribution in [3.8, 4) is 5.75 Å². The van der Waals surface area contributed by atoms with Gasteiger partial charge in [-0.05, 0) is 24.5 Å². The highest BCUT2D eigenvalue weighted by atomic mass is 35.5. The van der Waals surface area contributed by atoms with Crippen LogP contribution in [-0.4, -0.2) is 11.6 Å². The number of para-hydroxylation sites is 1. The third-order valence-corrected chi connectivity index (χ3v) is 2.95. The van der Waals surface area contributed by atoms with Crippen LogP contribution < -0.4 is 4.74 Å². The van der Waals surface area contributed by atoms with E-state index in [4.69, 9.17) is 11.6 Å². The Hall–Kier alpha value is -1.42. The maximum Gasteiger partial charge on any atom is 0.387 e. The van der Waals surface area contributed by atoms with Gasteiger partial charge in [-0.1, -0.05) is 37.6 Å². The number of nitrogens with zero attached hydrogens (tertiary/aromatic N) is 1. The van der Waals surface area contributed by atoms with Gasteiger partial charge in [-0.15, -0.1) is 0 Å². The lowest BCUT2D eigenvalue weighted by Gasteiger charge is -2.11. The molecule has 2 rings (SSSR count). The highest BCUT2D eigenvalue weighted by Gasteiger charge is 2.13. The van der Waals surface area contributed by atoms with Crippen LogP contribution in [0, 0.1) is 5.92 Å². The summed E-state index contributed by atoms with van der Waals surface area (Å²) < 4.78 is 29.2. The van der Waals surface area contributed by atoms with Crippen molar-refractivity contribution in [1.29, 1.82) is 0 Å². The van der Waals surface area contributed by atoms with E-state index in [-0.39, 0.29) is 5.75 Å². The molecule has 2 nitrogen and oxygen atoms in total. The van der Waals surface area contributed by atoms with Crippen LogP contribution in [0.5, 0.6) is 5.75 Å². The van der Waals surface area contributed by atoms with E-state index in [9.17, 15) is 8.78 Å². The largest absolute Gasteiger partial charge is 0.432 e. The lowest BCUT2D eigenvalue weighted by Crippen LogP contribution is -2.04. The smallest absolute Gasteiger partial charge is 0.387 e. The van der Waals surface area contributed by atoms with Crippen molar-refractivity contribution in [2.45, 2.75) is 26.9 Å². The van der Waals surface area contributed by atoms with Gasteiger partial charge in [0, 0.05) is 11.1 Å². The molecule has 1 aromatic carbocycles. The van der Waals surface area contributed by atoms with E-state index in [1.54, 1.807) is 18.2 Å². The maximum absolute atomic E-state index is 12.4. The van der Waals surface area contributed by atoms with Gasteiger partial charge in [0.15, 0.2) is 5.75 Å². The van der Waals surface area contributed by atoms with Gasteiger partial charge in [0.25, 0.3) is 0 Å². The topological polar surface area (TPSA) is 22.1 Å². The number of halogens is 3. The molecule has 0 amide bonds. The number of pyridine rings is 1. The van der Waals surface area contributed by atoms with E-state index in [0.29, 0.717) is 21.8 Å². The number of benzene rings is 1. The Labute approximate surface area is 115 Å².